The van der Waals surface area contributed by atoms with Gasteiger partial charge in [0.1, 0.15) is 12.4 Å². The van der Waals surface area contributed by atoms with Gasteiger partial charge in [-0.15, -0.1) is 11.3 Å². The first-order valence-electron chi connectivity index (χ1n) is 10.7. The normalized spacial score (nSPS) is 15.3. The topological polar surface area (TPSA) is 98.7 Å². The SMILES string of the molecule is Cc1c(Oc2ccc(S(C)(=O)=O)cc2F)ncnc1OC1CCN(CC(=O)c2cccs2)CC1. The van der Waals surface area contributed by atoms with E-state index in [9.17, 15) is 17.6 Å². The Labute approximate surface area is 201 Å². The summed E-state index contributed by atoms with van der Waals surface area (Å²) in [5.41, 5.74) is 0.504. The Morgan fingerprint density at radius 3 is 2.59 bits per heavy atom. The molecule has 1 aromatic carbocycles. The van der Waals surface area contributed by atoms with Crippen LogP contribution in [-0.2, 0) is 9.84 Å². The summed E-state index contributed by atoms with van der Waals surface area (Å²) in [7, 11) is -3.53. The highest BCUT2D eigenvalue weighted by Crippen LogP contribution is 2.31. The molecule has 0 saturated carbocycles. The van der Waals surface area contributed by atoms with Gasteiger partial charge >= 0.3 is 0 Å². The first-order valence-corrected chi connectivity index (χ1v) is 13.4. The van der Waals surface area contributed by atoms with Crippen molar-refractivity contribution in [2.24, 2.45) is 0 Å². The molecule has 1 saturated heterocycles. The van der Waals surface area contributed by atoms with Crippen molar-refractivity contribution >= 4 is 27.0 Å². The van der Waals surface area contributed by atoms with Gasteiger partial charge in [-0.2, -0.15) is 0 Å². The summed E-state index contributed by atoms with van der Waals surface area (Å²) in [5.74, 6) is -0.377. The molecule has 180 valence electrons. The molecule has 11 heteroatoms. The van der Waals surface area contributed by atoms with Crippen molar-refractivity contribution in [3.63, 3.8) is 0 Å². The van der Waals surface area contributed by atoms with Gasteiger partial charge in [0, 0.05) is 19.3 Å². The van der Waals surface area contributed by atoms with Crippen LogP contribution in [0.2, 0.25) is 0 Å². The molecule has 0 N–H and O–H groups in total. The Morgan fingerprint density at radius 1 is 1.21 bits per heavy atom. The smallest absolute Gasteiger partial charge is 0.229 e. The van der Waals surface area contributed by atoms with Crippen molar-refractivity contribution < 1.29 is 27.1 Å². The minimum absolute atomic E-state index is 0.0830. The molecule has 1 fully saturated rings. The first kappa shape index (κ1) is 24.2. The van der Waals surface area contributed by atoms with E-state index >= 15 is 0 Å². The third-order valence-electron chi connectivity index (χ3n) is 5.51. The Balaban J connectivity index is 1.37. The van der Waals surface area contributed by atoms with Crippen LogP contribution in [0.4, 0.5) is 4.39 Å². The molecule has 0 bridgehead atoms. The molecule has 8 nitrogen and oxygen atoms in total. The molecule has 1 aliphatic heterocycles. The third-order valence-corrected chi connectivity index (χ3v) is 7.53. The number of hydrogen-bond donors (Lipinski definition) is 0. The molecule has 3 heterocycles. The molecular formula is C23H24FN3O5S2. The zero-order valence-electron chi connectivity index (χ0n) is 18.7. The van der Waals surface area contributed by atoms with Crippen LogP contribution < -0.4 is 9.47 Å². The molecule has 0 amide bonds. The highest BCUT2D eigenvalue weighted by molar-refractivity contribution is 7.90. The quantitative estimate of drug-likeness (QED) is 0.425. The minimum Gasteiger partial charge on any atom is -0.474 e. The summed E-state index contributed by atoms with van der Waals surface area (Å²) in [6, 6.07) is 7.15. The molecule has 3 aromatic rings. The zero-order chi connectivity index (χ0) is 24.3. The predicted molar refractivity (Wildman–Crippen MR) is 125 cm³/mol. The highest BCUT2D eigenvalue weighted by Gasteiger charge is 2.24. The fourth-order valence-electron chi connectivity index (χ4n) is 3.60. The Bertz CT molecular complexity index is 1270. The number of thiophene rings is 1. The number of rotatable bonds is 8. The van der Waals surface area contributed by atoms with E-state index in [0.29, 0.717) is 18.0 Å². The molecule has 0 atom stereocenters. The van der Waals surface area contributed by atoms with Crippen LogP contribution in [0.5, 0.6) is 17.5 Å². The van der Waals surface area contributed by atoms with Gasteiger partial charge in [-0.3, -0.25) is 9.69 Å². The number of piperidine rings is 1. The number of carbonyl (C=O) groups is 1. The number of hydrogen-bond acceptors (Lipinski definition) is 9. The van der Waals surface area contributed by atoms with E-state index in [-0.39, 0.29) is 28.4 Å². The second-order valence-corrected chi connectivity index (χ2v) is 11.0. The van der Waals surface area contributed by atoms with Crippen LogP contribution in [0.15, 0.2) is 46.9 Å². The van der Waals surface area contributed by atoms with Crippen LogP contribution in [0.3, 0.4) is 0 Å². The maximum Gasteiger partial charge on any atom is 0.229 e. The van der Waals surface area contributed by atoms with E-state index in [1.165, 1.54) is 29.8 Å². The van der Waals surface area contributed by atoms with E-state index in [1.807, 2.05) is 17.5 Å². The number of nitrogens with zero attached hydrogens (tertiary/aromatic N) is 3. The zero-order valence-corrected chi connectivity index (χ0v) is 20.4. The maximum atomic E-state index is 14.4. The summed E-state index contributed by atoms with van der Waals surface area (Å²) in [6.45, 7) is 3.56. The van der Waals surface area contributed by atoms with E-state index in [4.69, 9.17) is 9.47 Å². The molecule has 1 aliphatic rings. The summed E-state index contributed by atoms with van der Waals surface area (Å²) in [6.07, 6.45) is 3.67. The van der Waals surface area contributed by atoms with Crippen molar-refractivity contribution in [3.8, 4) is 17.5 Å². The van der Waals surface area contributed by atoms with Crippen molar-refractivity contribution in [3.05, 3.63) is 58.3 Å². The number of ketones is 1. The molecule has 0 radical (unpaired) electrons. The standard InChI is InChI=1S/C23H24FN3O5S2/c1-15-22(31-16-7-9-27(10-8-16)13-19(28)21-4-3-11-33-21)25-14-26-23(15)32-20-6-5-17(12-18(20)24)34(2,29)30/h3-6,11-12,14,16H,7-10,13H2,1-2H3. The van der Waals surface area contributed by atoms with E-state index in [1.54, 1.807) is 6.92 Å². The Morgan fingerprint density at radius 2 is 1.94 bits per heavy atom. The lowest BCUT2D eigenvalue weighted by molar-refractivity contribution is 0.0777. The maximum absolute atomic E-state index is 14.4. The number of sulfone groups is 1. The molecule has 0 aliphatic carbocycles. The van der Waals surface area contributed by atoms with Gasteiger partial charge in [0.05, 0.1) is 21.9 Å². The van der Waals surface area contributed by atoms with Gasteiger partial charge < -0.3 is 9.47 Å². The van der Waals surface area contributed by atoms with Crippen molar-refractivity contribution in [1.82, 2.24) is 14.9 Å². The monoisotopic (exact) mass is 505 g/mol. The lowest BCUT2D eigenvalue weighted by Crippen LogP contribution is -2.40. The number of carbonyl (C=O) groups excluding carboxylic acids is 1. The molecule has 0 spiro atoms. The summed E-state index contributed by atoms with van der Waals surface area (Å²) in [4.78, 5) is 23.3. The molecule has 34 heavy (non-hydrogen) atoms. The number of aromatic nitrogens is 2. The second kappa shape index (κ2) is 10.2. The number of halogens is 1. The molecule has 2 aromatic heterocycles. The third kappa shape index (κ3) is 5.78. The van der Waals surface area contributed by atoms with E-state index < -0.39 is 15.7 Å². The van der Waals surface area contributed by atoms with Crippen LogP contribution in [-0.4, -0.2) is 61.1 Å². The fraction of sp³-hybridized carbons (Fsp3) is 0.348. The van der Waals surface area contributed by atoms with Gasteiger partial charge in [0.2, 0.25) is 11.8 Å². The van der Waals surface area contributed by atoms with E-state index in [2.05, 4.69) is 14.9 Å². The largest absolute Gasteiger partial charge is 0.474 e. The van der Waals surface area contributed by atoms with Gasteiger partial charge in [-0.1, -0.05) is 6.07 Å². The van der Waals surface area contributed by atoms with Crippen LogP contribution in [0.25, 0.3) is 0 Å². The van der Waals surface area contributed by atoms with Crippen molar-refractivity contribution in [2.45, 2.75) is 30.8 Å². The average molecular weight is 506 g/mol. The molecule has 4 rings (SSSR count). The fourth-order valence-corrected chi connectivity index (χ4v) is 4.89. The lowest BCUT2D eigenvalue weighted by Gasteiger charge is -2.31. The second-order valence-electron chi connectivity index (χ2n) is 8.07. The molecule has 0 unspecified atom stereocenters. The summed E-state index contributed by atoms with van der Waals surface area (Å²) >= 11 is 1.45. The summed E-state index contributed by atoms with van der Waals surface area (Å²) in [5, 5.41) is 1.90. The Hall–Kier alpha value is -2.89. The highest BCUT2D eigenvalue weighted by atomic mass is 32.2. The number of benzene rings is 1. The van der Waals surface area contributed by atoms with Crippen molar-refractivity contribution in [2.75, 3.05) is 25.9 Å². The number of ether oxygens (including phenoxy) is 2. The van der Waals surface area contributed by atoms with Gasteiger partial charge in [0.15, 0.2) is 27.2 Å². The Kier molecular flexibility index (Phi) is 7.24. The summed E-state index contributed by atoms with van der Waals surface area (Å²) < 4.78 is 49.3. The van der Waals surface area contributed by atoms with Gasteiger partial charge in [0.25, 0.3) is 0 Å². The van der Waals surface area contributed by atoms with Gasteiger partial charge in [-0.05, 0) is 49.4 Å². The predicted octanol–water partition coefficient (Wildman–Crippen LogP) is 3.91. The van der Waals surface area contributed by atoms with Crippen molar-refractivity contribution in [1.29, 1.82) is 0 Å². The van der Waals surface area contributed by atoms with E-state index in [0.717, 1.165) is 43.1 Å². The van der Waals surface area contributed by atoms with Gasteiger partial charge in [-0.25, -0.2) is 22.8 Å². The number of likely N-dealkylation sites (tertiary alicyclic amines) is 1. The van der Waals surface area contributed by atoms with Crippen LogP contribution >= 0.6 is 11.3 Å². The minimum atomic E-state index is -3.53. The number of Topliss-reactive ketones (excluding diaryl/α,β-unsaturated/α-hetero) is 1. The van der Waals surface area contributed by atoms with Crippen LogP contribution in [0.1, 0.15) is 28.1 Å². The first-order chi connectivity index (χ1) is 16.2. The van der Waals surface area contributed by atoms with Crippen LogP contribution in [0, 0.1) is 12.7 Å². The average Bonchev–Trinajstić information content (AvgIpc) is 3.33. The lowest BCUT2D eigenvalue weighted by atomic mass is 10.1. The molecular weight excluding hydrogens is 481 g/mol.